The first kappa shape index (κ1) is 24.5. The van der Waals surface area contributed by atoms with Crippen LogP contribution in [0.1, 0.15) is 86.0 Å². The molecule has 0 aromatic rings. The van der Waals surface area contributed by atoms with E-state index < -0.39 is 11.2 Å². The van der Waals surface area contributed by atoms with Crippen LogP contribution in [0.2, 0.25) is 0 Å². The van der Waals surface area contributed by atoms with Gasteiger partial charge in [-0.25, -0.2) is 0 Å². The molecule has 31 heavy (non-hydrogen) atoms. The Kier molecular flexibility index (Phi) is 7.11. The molecule has 0 aromatic heterocycles. The summed E-state index contributed by atoms with van der Waals surface area (Å²) in [5, 5.41) is 30.9. The normalized spacial score (nSPS) is 37.9. The third-order valence-corrected chi connectivity index (χ3v) is 8.82. The highest BCUT2D eigenvalue weighted by Crippen LogP contribution is 2.59. The van der Waals surface area contributed by atoms with Gasteiger partial charge in [0.15, 0.2) is 0 Å². The van der Waals surface area contributed by atoms with Gasteiger partial charge < -0.3 is 15.3 Å². The third kappa shape index (κ3) is 5.10. The molecule has 3 heteroatoms. The molecule has 0 radical (unpaired) electrons. The summed E-state index contributed by atoms with van der Waals surface area (Å²) in [5.74, 6) is 1.54. The Morgan fingerprint density at radius 1 is 1.10 bits per heavy atom. The monoisotopic (exact) mass is 428 g/mol. The lowest BCUT2D eigenvalue weighted by Gasteiger charge is -2.44. The molecule has 2 unspecified atom stereocenters. The van der Waals surface area contributed by atoms with Gasteiger partial charge in [0.05, 0.1) is 11.7 Å². The van der Waals surface area contributed by atoms with Crippen molar-refractivity contribution in [3.8, 4) is 0 Å². The van der Waals surface area contributed by atoms with E-state index in [1.807, 2.05) is 0 Å². The molecule has 0 bridgehead atoms. The van der Waals surface area contributed by atoms with E-state index in [0.717, 1.165) is 19.3 Å². The molecule has 3 fully saturated rings. The van der Waals surface area contributed by atoms with Crippen molar-refractivity contribution in [1.82, 2.24) is 0 Å². The van der Waals surface area contributed by atoms with Crippen molar-refractivity contribution in [3.63, 3.8) is 0 Å². The van der Waals surface area contributed by atoms with Crippen LogP contribution in [-0.2, 0) is 0 Å². The second-order valence-corrected chi connectivity index (χ2v) is 11.5. The Labute approximate surface area is 189 Å². The third-order valence-electron chi connectivity index (χ3n) is 8.82. The molecule has 0 spiro atoms. The molecule has 3 rings (SSSR count). The molecule has 3 N–H and O–H groups in total. The molecular weight excluding hydrogens is 384 g/mol. The average molecular weight is 429 g/mol. The van der Waals surface area contributed by atoms with Crippen molar-refractivity contribution in [2.24, 2.45) is 23.2 Å². The molecule has 0 aliphatic heterocycles. The van der Waals surface area contributed by atoms with Gasteiger partial charge >= 0.3 is 0 Å². The van der Waals surface area contributed by atoms with Gasteiger partial charge in [0, 0.05) is 0 Å². The summed E-state index contributed by atoms with van der Waals surface area (Å²) in [6.45, 7) is 13.9. The van der Waals surface area contributed by atoms with Crippen molar-refractivity contribution < 1.29 is 15.3 Å². The summed E-state index contributed by atoms with van der Waals surface area (Å²) in [7, 11) is 0. The van der Waals surface area contributed by atoms with Crippen LogP contribution in [-0.4, -0.2) is 32.6 Å². The minimum atomic E-state index is -1.24. The first-order valence-corrected chi connectivity index (χ1v) is 12.2. The molecule has 0 aromatic carbocycles. The number of hydrogen-bond donors (Lipinski definition) is 3. The largest absolute Gasteiger partial charge is 0.393 e. The topological polar surface area (TPSA) is 60.7 Å². The highest BCUT2D eigenvalue weighted by atomic mass is 16.3. The van der Waals surface area contributed by atoms with Gasteiger partial charge in [-0.2, -0.15) is 0 Å². The predicted molar refractivity (Wildman–Crippen MR) is 129 cm³/mol. The molecule has 0 heterocycles. The lowest BCUT2D eigenvalue weighted by molar-refractivity contribution is -0.0886. The highest BCUT2D eigenvalue weighted by molar-refractivity contribution is 5.36. The number of fused-ring (bicyclic) bond motifs is 1. The zero-order valence-electron chi connectivity index (χ0n) is 20.3. The highest BCUT2D eigenvalue weighted by Gasteiger charge is 2.50. The molecule has 3 aliphatic carbocycles. The standard InChI is InChI=1S/C28H44O3/c1-19-9-12-23(29)18-22(19)11-10-21-8-7-16-27(5)24(13-14-25(21)27)20(2)15-17-28(6,31)26(3,4)30/h10-11,15,17,20,23-25,29-31H,1,7-9,12-14,16,18H2,2-6H3/b17-15+,21-10+,22-11?/t20-,23+,24?,25+,27-,28?/m1/s1. The van der Waals surface area contributed by atoms with E-state index in [2.05, 4.69) is 38.7 Å². The summed E-state index contributed by atoms with van der Waals surface area (Å²) in [6.07, 6.45) is 16.8. The Balaban J connectivity index is 1.77. The van der Waals surface area contributed by atoms with E-state index in [9.17, 15) is 15.3 Å². The van der Waals surface area contributed by atoms with Crippen LogP contribution in [0.3, 0.4) is 0 Å². The fourth-order valence-corrected chi connectivity index (χ4v) is 6.22. The van der Waals surface area contributed by atoms with Crippen LogP contribution in [0.5, 0.6) is 0 Å². The van der Waals surface area contributed by atoms with Crippen molar-refractivity contribution in [2.75, 3.05) is 0 Å². The number of aliphatic hydroxyl groups is 3. The van der Waals surface area contributed by atoms with Gasteiger partial charge in [-0.15, -0.1) is 0 Å². The fraction of sp³-hybridized carbons (Fsp3) is 0.714. The minimum Gasteiger partial charge on any atom is -0.393 e. The second kappa shape index (κ2) is 9.00. The summed E-state index contributed by atoms with van der Waals surface area (Å²) < 4.78 is 0. The Morgan fingerprint density at radius 2 is 1.81 bits per heavy atom. The van der Waals surface area contributed by atoms with Crippen molar-refractivity contribution in [3.05, 3.63) is 47.6 Å². The number of rotatable bonds is 5. The van der Waals surface area contributed by atoms with E-state index in [1.54, 1.807) is 32.4 Å². The summed E-state index contributed by atoms with van der Waals surface area (Å²) >= 11 is 0. The van der Waals surface area contributed by atoms with Crippen LogP contribution in [0.4, 0.5) is 0 Å². The van der Waals surface area contributed by atoms with Crippen LogP contribution in [0.15, 0.2) is 47.6 Å². The van der Waals surface area contributed by atoms with Crippen molar-refractivity contribution in [1.29, 1.82) is 0 Å². The minimum absolute atomic E-state index is 0.226. The quantitative estimate of drug-likeness (QED) is 0.480. The van der Waals surface area contributed by atoms with Gasteiger partial charge in [-0.3, -0.25) is 0 Å². The van der Waals surface area contributed by atoms with Crippen LogP contribution in [0, 0.1) is 23.2 Å². The summed E-state index contributed by atoms with van der Waals surface area (Å²) in [6, 6.07) is 0. The van der Waals surface area contributed by atoms with E-state index in [0.29, 0.717) is 17.8 Å². The van der Waals surface area contributed by atoms with Crippen molar-refractivity contribution in [2.45, 2.75) is 103 Å². The lowest BCUT2D eigenvalue weighted by Crippen LogP contribution is -2.46. The predicted octanol–water partition coefficient (Wildman–Crippen LogP) is 5.87. The zero-order valence-corrected chi connectivity index (χ0v) is 20.3. The van der Waals surface area contributed by atoms with Crippen LogP contribution in [0.25, 0.3) is 0 Å². The number of aliphatic hydroxyl groups excluding tert-OH is 1. The van der Waals surface area contributed by atoms with Gasteiger partial charge in [-0.1, -0.05) is 55.9 Å². The maximum atomic E-state index is 10.6. The zero-order chi connectivity index (χ0) is 23.0. The second-order valence-electron chi connectivity index (χ2n) is 11.5. The Hall–Kier alpha value is -1.16. The van der Waals surface area contributed by atoms with Crippen LogP contribution >= 0.6 is 0 Å². The molecule has 3 saturated carbocycles. The molecule has 6 atom stereocenters. The number of allylic oxidation sites excluding steroid dienone is 5. The smallest absolute Gasteiger partial charge is 0.108 e. The number of hydrogen-bond acceptors (Lipinski definition) is 3. The van der Waals surface area contributed by atoms with Crippen LogP contribution < -0.4 is 0 Å². The van der Waals surface area contributed by atoms with Gasteiger partial charge in [0.25, 0.3) is 0 Å². The first-order chi connectivity index (χ1) is 14.3. The summed E-state index contributed by atoms with van der Waals surface area (Å²) in [5.41, 5.74) is 1.83. The SMILES string of the molecule is C=C1CC[C@H](O)CC1=C/C=C1\CCC[C@]2(C)C([C@H](C)/C=C/C(C)(O)C(C)(C)O)CC[C@@H]12. The van der Waals surface area contributed by atoms with E-state index >= 15 is 0 Å². The molecule has 0 amide bonds. The van der Waals surface area contributed by atoms with Gasteiger partial charge in [0.1, 0.15) is 5.60 Å². The van der Waals surface area contributed by atoms with Crippen molar-refractivity contribution >= 4 is 0 Å². The average Bonchev–Trinajstić information content (AvgIpc) is 3.03. The lowest BCUT2D eigenvalue weighted by atomic mass is 9.61. The van der Waals surface area contributed by atoms with E-state index in [4.69, 9.17) is 0 Å². The van der Waals surface area contributed by atoms with Gasteiger partial charge in [-0.05, 0) is 101 Å². The molecular formula is C28H44O3. The fourth-order valence-electron chi connectivity index (χ4n) is 6.22. The Bertz CT molecular complexity index is 764. The van der Waals surface area contributed by atoms with Gasteiger partial charge in [0.2, 0.25) is 0 Å². The molecule has 0 saturated heterocycles. The maximum Gasteiger partial charge on any atom is 0.108 e. The maximum absolute atomic E-state index is 10.6. The summed E-state index contributed by atoms with van der Waals surface area (Å²) in [4.78, 5) is 0. The molecule has 3 nitrogen and oxygen atoms in total. The van der Waals surface area contributed by atoms with E-state index in [-0.39, 0.29) is 11.5 Å². The Morgan fingerprint density at radius 3 is 2.48 bits per heavy atom. The first-order valence-electron chi connectivity index (χ1n) is 12.2. The molecule has 174 valence electrons. The van der Waals surface area contributed by atoms with E-state index in [1.165, 1.54) is 43.3 Å². The molecule has 3 aliphatic rings.